The molecule has 0 aromatic rings. The highest BCUT2D eigenvalue weighted by Crippen LogP contribution is 2.68. The molecule has 4 fully saturated rings. The van der Waals surface area contributed by atoms with Gasteiger partial charge in [0.1, 0.15) is 18.6 Å². The van der Waals surface area contributed by atoms with Crippen LogP contribution >= 0.6 is 11.8 Å². The van der Waals surface area contributed by atoms with E-state index in [1.165, 1.54) is 38.5 Å². The molecule has 12 heteroatoms. The third-order valence-corrected chi connectivity index (χ3v) is 13.7. The van der Waals surface area contributed by atoms with E-state index in [-0.39, 0.29) is 35.2 Å². The highest BCUT2D eigenvalue weighted by atomic mass is 32.2. The van der Waals surface area contributed by atoms with Crippen molar-refractivity contribution in [1.82, 2.24) is 10.6 Å². The summed E-state index contributed by atoms with van der Waals surface area (Å²) < 4.78 is 0. The van der Waals surface area contributed by atoms with Crippen LogP contribution in [-0.4, -0.2) is 74.7 Å². The van der Waals surface area contributed by atoms with Gasteiger partial charge in [0.2, 0.25) is 11.8 Å². The molecule has 0 aromatic carbocycles. The number of nitrogens with one attached hydrogen (secondary N) is 2. The Balaban J connectivity index is 1.29. The number of carbonyl (C=O) groups is 5. The van der Waals surface area contributed by atoms with Gasteiger partial charge in [-0.15, -0.1) is 0 Å². The largest absolute Gasteiger partial charge is 0.480 e. The Morgan fingerprint density at radius 1 is 0.913 bits per heavy atom. The lowest BCUT2D eigenvalue weighted by atomic mass is 9.44. The molecule has 0 radical (unpaired) electrons. The van der Waals surface area contributed by atoms with Gasteiger partial charge in [-0.3, -0.25) is 24.0 Å². The van der Waals surface area contributed by atoms with Crippen molar-refractivity contribution in [2.45, 2.75) is 122 Å². The highest BCUT2D eigenvalue weighted by molar-refractivity contribution is 8.13. The minimum atomic E-state index is -1.24. The maximum absolute atomic E-state index is 13.0. The first-order valence-electron chi connectivity index (χ1n) is 17.3. The van der Waals surface area contributed by atoms with Crippen LogP contribution in [-0.2, 0) is 24.0 Å². The minimum Gasteiger partial charge on any atom is -0.480 e. The van der Waals surface area contributed by atoms with Gasteiger partial charge in [0.15, 0.2) is 5.12 Å². The number of carboxylic acid groups (broad SMARTS) is 2. The van der Waals surface area contributed by atoms with E-state index in [0.29, 0.717) is 35.5 Å². The molecular weight excluding hydrogens is 610 g/mol. The summed E-state index contributed by atoms with van der Waals surface area (Å²) in [5.41, 5.74) is 6.09. The molecule has 11 atom stereocenters. The number of carbonyl (C=O) groups excluding carboxylic acids is 3. The van der Waals surface area contributed by atoms with Gasteiger partial charge in [-0.2, -0.15) is 0 Å². The smallest absolute Gasteiger partial charge is 0.322 e. The number of aliphatic carboxylic acids is 2. The van der Waals surface area contributed by atoms with Crippen molar-refractivity contribution in [2.75, 3.05) is 12.3 Å². The molecular formula is C34H55N3O8S. The fourth-order valence-electron chi connectivity index (χ4n) is 10.2. The van der Waals surface area contributed by atoms with Crippen molar-refractivity contribution >= 4 is 40.6 Å². The number of aliphatic hydroxyl groups is 1. The number of hydrogen-bond acceptors (Lipinski definition) is 8. The molecule has 0 heterocycles. The average molecular weight is 666 g/mol. The molecule has 0 aliphatic heterocycles. The van der Waals surface area contributed by atoms with E-state index in [1.807, 2.05) is 0 Å². The quantitative estimate of drug-likeness (QED) is 0.160. The maximum Gasteiger partial charge on any atom is 0.322 e. The van der Waals surface area contributed by atoms with Crippen molar-refractivity contribution in [3.05, 3.63) is 0 Å². The van der Waals surface area contributed by atoms with E-state index in [0.717, 1.165) is 49.3 Å². The topological polar surface area (TPSA) is 196 Å². The summed E-state index contributed by atoms with van der Waals surface area (Å²) in [4.78, 5) is 59.9. The molecule has 7 N–H and O–H groups in total. The molecule has 260 valence electrons. The summed E-state index contributed by atoms with van der Waals surface area (Å²) >= 11 is 0.951. The van der Waals surface area contributed by atoms with Crippen LogP contribution in [0.25, 0.3) is 0 Å². The zero-order valence-corrected chi connectivity index (χ0v) is 28.5. The number of amides is 2. The van der Waals surface area contributed by atoms with Crippen molar-refractivity contribution in [3.8, 4) is 0 Å². The Morgan fingerprint density at radius 2 is 1.61 bits per heavy atom. The van der Waals surface area contributed by atoms with Gasteiger partial charge in [-0.1, -0.05) is 32.5 Å². The van der Waals surface area contributed by atoms with E-state index in [4.69, 9.17) is 15.9 Å². The summed E-state index contributed by atoms with van der Waals surface area (Å²) in [6.07, 6.45) is 11.1. The van der Waals surface area contributed by atoms with Crippen LogP contribution in [0.4, 0.5) is 0 Å². The first kappa shape index (κ1) is 36.7. The first-order valence-corrected chi connectivity index (χ1v) is 18.2. The SMILES string of the molecule is C[C@H](CCC(=O)SCC(NC(=O)CCC(N)C(=O)O)C(=O)NCC(=O)O)[C@H]1CCC2C3CC[C@@H]4C[C@H](O)CC[C@]4(C)C3CC[C@@]21C. The summed E-state index contributed by atoms with van der Waals surface area (Å²) in [7, 11) is 0. The molecule has 4 saturated carbocycles. The molecule has 0 spiro atoms. The first-order chi connectivity index (χ1) is 21.7. The number of nitrogens with two attached hydrogens (primary N) is 1. The van der Waals surface area contributed by atoms with Crippen LogP contribution in [0.2, 0.25) is 0 Å². The monoisotopic (exact) mass is 665 g/mol. The van der Waals surface area contributed by atoms with Crippen molar-refractivity contribution in [3.63, 3.8) is 0 Å². The van der Waals surface area contributed by atoms with E-state index in [9.17, 15) is 29.1 Å². The molecule has 11 nitrogen and oxygen atoms in total. The summed E-state index contributed by atoms with van der Waals surface area (Å²) in [5, 5.41) is 32.9. The Bertz CT molecular complexity index is 1150. The number of thioether (sulfide) groups is 1. The number of rotatable bonds is 14. The molecule has 4 aliphatic carbocycles. The highest BCUT2D eigenvalue weighted by Gasteiger charge is 2.60. The minimum absolute atomic E-state index is 0.0571. The molecule has 0 bridgehead atoms. The Labute approximate surface area is 277 Å². The van der Waals surface area contributed by atoms with Gasteiger partial charge < -0.3 is 31.7 Å². The zero-order chi connectivity index (χ0) is 33.8. The van der Waals surface area contributed by atoms with Gasteiger partial charge in [0.25, 0.3) is 0 Å². The Kier molecular flexibility index (Phi) is 12.2. The molecule has 5 unspecified atom stereocenters. The molecule has 0 saturated heterocycles. The number of hydrogen-bond donors (Lipinski definition) is 6. The van der Waals surface area contributed by atoms with E-state index >= 15 is 0 Å². The lowest BCUT2D eigenvalue weighted by Crippen LogP contribution is -2.54. The van der Waals surface area contributed by atoms with Gasteiger partial charge in [0, 0.05) is 18.6 Å². The van der Waals surface area contributed by atoms with Crippen LogP contribution in [0.5, 0.6) is 0 Å². The molecule has 0 aromatic heterocycles. The second-order valence-electron chi connectivity index (χ2n) is 15.2. The number of aliphatic hydroxyl groups excluding tert-OH is 1. The third kappa shape index (κ3) is 8.27. The average Bonchev–Trinajstić information content (AvgIpc) is 3.36. The van der Waals surface area contributed by atoms with Crippen LogP contribution < -0.4 is 16.4 Å². The van der Waals surface area contributed by atoms with E-state index in [1.54, 1.807) is 0 Å². The van der Waals surface area contributed by atoms with Crippen LogP contribution in [0.1, 0.15) is 104 Å². The zero-order valence-electron chi connectivity index (χ0n) is 27.7. The van der Waals surface area contributed by atoms with Gasteiger partial charge >= 0.3 is 11.9 Å². The Hall–Kier alpha value is -2.18. The standard InChI is InChI=1S/C34H55N3O8S/c1-19(4-11-30(42)46-18-27(31(43)36-17-29(40)41)37-28(39)10-9-26(35)32(44)45)23-7-8-24-22-6-5-20-16-21(38)12-14-33(20,2)25(22)13-15-34(23,24)3/h19-27,38H,4-18,35H2,1-3H3,(H,36,43)(H,37,39)(H,40,41)(H,44,45)/t19-,20-,21-,22?,23-,24?,25?,26?,27?,33+,34-/m1/s1. The Morgan fingerprint density at radius 3 is 2.30 bits per heavy atom. The maximum atomic E-state index is 13.0. The molecule has 2 amide bonds. The molecule has 4 rings (SSSR count). The van der Waals surface area contributed by atoms with E-state index < -0.39 is 42.4 Å². The van der Waals surface area contributed by atoms with Crippen LogP contribution in [0.3, 0.4) is 0 Å². The van der Waals surface area contributed by atoms with Crippen molar-refractivity contribution < 1.29 is 39.3 Å². The second kappa shape index (κ2) is 15.4. The molecule has 46 heavy (non-hydrogen) atoms. The fraction of sp³-hybridized carbons (Fsp3) is 0.853. The summed E-state index contributed by atoms with van der Waals surface area (Å²) in [6.45, 7) is 6.66. The predicted molar refractivity (Wildman–Crippen MR) is 175 cm³/mol. The second-order valence-corrected chi connectivity index (χ2v) is 16.3. The van der Waals surface area contributed by atoms with Crippen molar-refractivity contribution in [1.29, 1.82) is 0 Å². The van der Waals surface area contributed by atoms with E-state index in [2.05, 4.69) is 31.4 Å². The van der Waals surface area contributed by atoms with Gasteiger partial charge in [-0.05, 0) is 117 Å². The normalized spacial score (nSPS) is 35.4. The third-order valence-electron chi connectivity index (χ3n) is 12.7. The molecule has 4 aliphatic rings. The van der Waals surface area contributed by atoms with Gasteiger partial charge in [0.05, 0.1) is 6.10 Å². The number of carboxylic acids is 2. The summed E-state index contributed by atoms with van der Waals surface area (Å²) in [6, 6.07) is -2.37. The fourth-order valence-corrected chi connectivity index (χ4v) is 11.0. The van der Waals surface area contributed by atoms with Gasteiger partial charge in [-0.25, -0.2) is 0 Å². The van der Waals surface area contributed by atoms with Crippen molar-refractivity contribution in [2.24, 2.45) is 52.1 Å². The lowest BCUT2D eigenvalue weighted by Gasteiger charge is -2.61. The summed E-state index contributed by atoms with van der Waals surface area (Å²) in [5.74, 6) is -0.0643. The number of fused-ring (bicyclic) bond motifs is 5. The predicted octanol–water partition coefficient (Wildman–Crippen LogP) is 3.56. The van der Waals surface area contributed by atoms with Crippen LogP contribution in [0.15, 0.2) is 0 Å². The van der Waals surface area contributed by atoms with Crippen LogP contribution in [0, 0.1) is 46.3 Å². The lowest BCUT2D eigenvalue weighted by molar-refractivity contribution is -0.139.